The summed E-state index contributed by atoms with van der Waals surface area (Å²) in [5.74, 6) is 0.262. The summed E-state index contributed by atoms with van der Waals surface area (Å²) < 4.78 is 25.9. The zero-order chi connectivity index (χ0) is 15.0. The summed E-state index contributed by atoms with van der Waals surface area (Å²) >= 11 is 0. The van der Waals surface area contributed by atoms with Gasteiger partial charge in [0.15, 0.2) is 0 Å². The highest BCUT2D eigenvalue weighted by molar-refractivity contribution is 7.92. The first kappa shape index (κ1) is 14.4. The van der Waals surface area contributed by atoms with E-state index in [1.54, 1.807) is 13.0 Å². The molecule has 0 atom stereocenters. The first-order chi connectivity index (χ1) is 10.0. The van der Waals surface area contributed by atoms with Crippen LogP contribution in [0.4, 0.5) is 11.4 Å². The van der Waals surface area contributed by atoms with E-state index in [2.05, 4.69) is 5.32 Å². The molecule has 1 aliphatic heterocycles. The van der Waals surface area contributed by atoms with Crippen molar-refractivity contribution >= 4 is 27.3 Å². The van der Waals surface area contributed by atoms with Gasteiger partial charge in [-0.05, 0) is 50.3 Å². The molecule has 1 saturated carbocycles. The minimum Gasteiger partial charge on any atom is -0.326 e. The van der Waals surface area contributed by atoms with Crippen LogP contribution in [0.25, 0.3) is 0 Å². The van der Waals surface area contributed by atoms with Crippen molar-refractivity contribution in [3.8, 4) is 0 Å². The summed E-state index contributed by atoms with van der Waals surface area (Å²) in [4.78, 5) is 11.8. The standard InChI is InChI=1S/C15H20N2O3S/c1-2-21(19,20)17-9-3-4-11-7-8-13(10-14(11)17)16-15(18)12-5-6-12/h7-8,10,12H,2-6,9H2,1H3,(H,16,18). The van der Waals surface area contributed by atoms with E-state index < -0.39 is 10.0 Å². The number of carbonyl (C=O) groups is 1. The molecule has 1 aromatic rings. The van der Waals surface area contributed by atoms with E-state index in [9.17, 15) is 13.2 Å². The van der Waals surface area contributed by atoms with Gasteiger partial charge < -0.3 is 5.32 Å². The number of carbonyl (C=O) groups excluding carboxylic acids is 1. The molecule has 1 aromatic carbocycles. The number of anilines is 2. The molecule has 0 radical (unpaired) electrons. The van der Waals surface area contributed by atoms with Crippen LogP contribution >= 0.6 is 0 Å². The Kier molecular flexibility index (Phi) is 3.65. The van der Waals surface area contributed by atoms with Gasteiger partial charge in [0.05, 0.1) is 11.4 Å². The normalized spacial score (nSPS) is 18.2. The summed E-state index contributed by atoms with van der Waals surface area (Å²) in [5.41, 5.74) is 2.43. The van der Waals surface area contributed by atoms with Crippen molar-refractivity contribution in [1.82, 2.24) is 0 Å². The summed E-state index contributed by atoms with van der Waals surface area (Å²) in [5, 5.41) is 2.88. The van der Waals surface area contributed by atoms with E-state index in [-0.39, 0.29) is 17.6 Å². The highest BCUT2D eigenvalue weighted by Crippen LogP contribution is 2.34. The van der Waals surface area contributed by atoms with Crippen molar-refractivity contribution < 1.29 is 13.2 Å². The minimum absolute atomic E-state index is 0.0376. The third kappa shape index (κ3) is 2.90. The molecule has 3 rings (SSSR count). The molecule has 6 heteroatoms. The van der Waals surface area contributed by atoms with Crippen LogP contribution < -0.4 is 9.62 Å². The van der Waals surface area contributed by atoms with Crippen LogP contribution in [0.1, 0.15) is 31.7 Å². The van der Waals surface area contributed by atoms with Crippen molar-refractivity contribution in [1.29, 1.82) is 0 Å². The molecular formula is C15H20N2O3S. The molecule has 0 unspecified atom stereocenters. The summed E-state index contributed by atoms with van der Waals surface area (Å²) in [7, 11) is -3.26. The number of fused-ring (bicyclic) bond motifs is 1. The molecule has 1 fully saturated rings. The molecule has 5 nitrogen and oxygen atoms in total. The Balaban J connectivity index is 1.91. The van der Waals surface area contributed by atoms with Crippen LogP contribution in [-0.4, -0.2) is 26.6 Å². The van der Waals surface area contributed by atoms with Gasteiger partial charge in [0.25, 0.3) is 0 Å². The van der Waals surface area contributed by atoms with Gasteiger partial charge in [0.2, 0.25) is 15.9 Å². The maximum atomic E-state index is 12.2. The topological polar surface area (TPSA) is 66.5 Å². The molecule has 0 spiro atoms. The lowest BCUT2D eigenvalue weighted by atomic mass is 10.0. The van der Waals surface area contributed by atoms with E-state index >= 15 is 0 Å². The van der Waals surface area contributed by atoms with Crippen LogP contribution in [0, 0.1) is 5.92 Å². The SMILES string of the molecule is CCS(=O)(=O)N1CCCc2ccc(NC(=O)C3CC3)cc21. The average molecular weight is 308 g/mol. The molecule has 1 heterocycles. The first-order valence-electron chi connectivity index (χ1n) is 7.45. The van der Waals surface area contributed by atoms with Gasteiger partial charge in [0, 0.05) is 18.2 Å². The second-order valence-electron chi connectivity index (χ2n) is 5.68. The highest BCUT2D eigenvalue weighted by atomic mass is 32.2. The fourth-order valence-electron chi connectivity index (χ4n) is 2.65. The quantitative estimate of drug-likeness (QED) is 0.926. The predicted octanol–water partition coefficient (Wildman–Crippen LogP) is 2.14. The monoisotopic (exact) mass is 308 g/mol. The van der Waals surface area contributed by atoms with Crippen LogP contribution in [0.2, 0.25) is 0 Å². The first-order valence-corrected chi connectivity index (χ1v) is 9.06. The smallest absolute Gasteiger partial charge is 0.234 e. The number of nitrogens with zero attached hydrogens (tertiary/aromatic N) is 1. The third-order valence-electron chi connectivity index (χ3n) is 4.08. The highest BCUT2D eigenvalue weighted by Gasteiger charge is 2.30. The van der Waals surface area contributed by atoms with Crippen molar-refractivity contribution in [3.63, 3.8) is 0 Å². The lowest BCUT2D eigenvalue weighted by Gasteiger charge is -2.30. The van der Waals surface area contributed by atoms with Crippen LogP contribution in [-0.2, 0) is 21.2 Å². The van der Waals surface area contributed by atoms with E-state index in [0.29, 0.717) is 12.2 Å². The molecule has 0 aromatic heterocycles. The summed E-state index contributed by atoms with van der Waals surface area (Å²) in [6.07, 6.45) is 3.61. The zero-order valence-electron chi connectivity index (χ0n) is 12.1. The summed E-state index contributed by atoms with van der Waals surface area (Å²) in [6.45, 7) is 2.17. The van der Waals surface area contributed by atoms with E-state index in [1.165, 1.54) is 4.31 Å². The number of sulfonamides is 1. The van der Waals surface area contributed by atoms with Gasteiger partial charge in [0.1, 0.15) is 0 Å². The predicted molar refractivity (Wildman–Crippen MR) is 82.9 cm³/mol. The Bertz CT molecular complexity index is 665. The molecule has 21 heavy (non-hydrogen) atoms. The number of amides is 1. The van der Waals surface area contributed by atoms with Crippen LogP contribution in [0.3, 0.4) is 0 Å². The van der Waals surface area contributed by atoms with Gasteiger partial charge in [-0.2, -0.15) is 0 Å². The third-order valence-corrected chi connectivity index (χ3v) is 5.86. The Morgan fingerprint density at radius 1 is 1.38 bits per heavy atom. The molecule has 1 amide bonds. The summed E-state index contributed by atoms with van der Waals surface area (Å²) in [6, 6.07) is 5.58. The Morgan fingerprint density at radius 2 is 2.14 bits per heavy atom. The Morgan fingerprint density at radius 3 is 2.81 bits per heavy atom. The number of hydrogen-bond acceptors (Lipinski definition) is 3. The van der Waals surface area contributed by atoms with Crippen molar-refractivity contribution in [2.45, 2.75) is 32.6 Å². The largest absolute Gasteiger partial charge is 0.326 e. The zero-order valence-corrected chi connectivity index (χ0v) is 12.9. The van der Waals surface area contributed by atoms with Gasteiger partial charge in [-0.25, -0.2) is 8.42 Å². The van der Waals surface area contributed by atoms with Gasteiger partial charge in [-0.15, -0.1) is 0 Å². The van der Waals surface area contributed by atoms with Gasteiger partial charge in [-0.1, -0.05) is 6.07 Å². The van der Waals surface area contributed by atoms with E-state index in [0.717, 1.165) is 36.9 Å². The molecule has 114 valence electrons. The molecular weight excluding hydrogens is 288 g/mol. The number of hydrogen-bond donors (Lipinski definition) is 1. The molecule has 1 aliphatic carbocycles. The van der Waals surface area contributed by atoms with Gasteiger partial charge >= 0.3 is 0 Å². The molecule has 2 aliphatic rings. The lowest BCUT2D eigenvalue weighted by molar-refractivity contribution is -0.117. The number of nitrogens with one attached hydrogen (secondary N) is 1. The van der Waals surface area contributed by atoms with Crippen molar-refractivity contribution in [2.24, 2.45) is 5.92 Å². The average Bonchev–Trinajstić information content (AvgIpc) is 3.31. The van der Waals surface area contributed by atoms with Crippen molar-refractivity contribution in [3.05, 3.63) is 23.8 Å². The van der Waals surface area contributed by atoms with E-state index in [4.69, 9.17) is 0 Å². The van der Waals surface area contributed by atoms with Crippen molar-refractivity contribution in [2.75, 3.05) is 21.9 Å². The maximum absolute atomic E-state index is 12.2. The van der Waals surface area contributed by atoms with Crippen LogP contribution in [0.15, 0.2) is 18.2 Å². The maximum Gasteiger partial charge on any atom is 0.234 e. The lowest BCUT2D eigenvalue weighted by Crippen LogP contribution is -2.36. The number of benzene rings is 1. The minimum atomic E-state index is -3.26. The fraction of sp³-hybridized carbons (Fsp3) is 0.533. The number of aryl methyl sites for hydroxylation is 1. The van der Waals surface area contributed by atoms with Gasteiger partial charge in [-0.3, -0.25) is 9.10 Å². The number of rotatable bonds is 4. The van der Waals surface area contributed by atoms with E-state index in [1.807, 2.05) is 12.1 Å². The van der Waals surface area contributed by atoms with Crippen LogP contribution in [0.5, 0.6) is 0 Å². The second kappa shape index (κ2) is 5.33. The Labute approximate surface area is 125 Å². The Hall–Kier alpha value is -1.56. The molecule has 0 saturated heterocycles. The molecule has 1 N–H and O–H groups in total. The molecule has 0 bridgehead atoms. The fourth-order valence-corrected chi connectivity index (χ4v) is 3.84. The second-order valence-corrected chi connectivity index (χ2v) is 7.87.